The maximum Gasteiger partial charge on any atom is 0.234 e. The molecule has 0 saturated heterocycles. The van der Waals surface area contributed by atoms with Crippen molar-refractivity contribution in [1.82, 2.24) is 4.90 Å². The standard InChI is InChI=1S/C25H26ClNO2/c1-27(18-8-9-19-29-23-16-14-22(26)15-17-23)25(28)24(20-10-4-2-5-11-20)21-12-6-3-7-13-21/h2-7,10-17,24H,8-9,18-19H2,1H3. The molecule has 0 aliphatic heterocycles. The first kappa shape index (κ1) is 20.9. The molecule has 0 atom stereocenters. The van der Waals surface area contributed by atoms with E-state index in [1.54, 1.807) is 0 Å². The number of likely N-dealkylation sites (N-methyl/N-ethyl adjacent to an activating group) is 1. The Bertz CT molecular complexity index is 842. The zero-order chi connectivity index (χ0) is 20.5. The fourth-order valence-electron chi connectivity index (χ4n) is 3.27. The topological polar surface area (TPSA) is 29.5 Å². The molecule has 0 spiro atoms. The van der Waals surface area contributed by atoms with Crippen molar-refractivity contribution in [1.29, 1.82) is 0 Å². The lowest BCUT2D eigenvalue weighted by molar-refractivity contribution is -0.130. The first-order chi connectivity index (χ1) is 14.1. The van der Waals surface area contributed by atoms with Gasteiger partial charge in [-0.1, -0.05) is 72.3 Å². The van der Waals surface area contributed by atoms with E-state index in [1.807, 2.05) is 96.9 Å². The van der Waals surface area contributed by atoms with Crippen LogP contribution >= 0.6 is 11.6 Å². The first-order valence-corrected chi connectivity index (χ1v) is 10.3. The summed E-state index contributed by atoms with van der Waals surface area (Å²) in [6.45, 7) is 1.31. The Morgan fingerprint density at radius 2 is 1.41 bits per heavy atom. The number of carbonyl (C=O) groups is 1. The molecule has 4 heteroatoms. The van der Waals surface area contributed by atoms with Gasteiger partial charge in [0.2, 0.25) is 5.91 Å². The predicted octanol–water partition coefficient (Wildman–Crippen LogP) is 5.79. The molecule has 0 aliphatic carbocycles. The molecule has 0 radical (unpaired) electrons. The zero-order valence-corrected chi connectivity index (χ0v) is 17.4. The highest BCUT2D eigenvalue weighted by atomic mass is 35.5. The number of benzene rings is 3. The Balaban J connectivity index is 1.54. The van der Waals surface area contributed by atoms with Crippen molar-refractivity contribution in [2.24, 2.45) is 0 Å². The van der Waals surface area contributed by atoms with Gasteiger partial charge in [0.05, 0.1) is 12.5 Å². The number of ether oxygens (including phenoxy) is 1. The first-order valence-electron chi connectivity index (χ1n) is 9.88. The average Bonchev–Trinajstić information content (AvgIpc) is 2.76. The van der Waals surface area contributed by atoms with Gasteiger partial charge >= 0.3 is 0 Å². The maximum atomic E-state index is 13.2. The van der Waals surface area contributed by atoms with Crippen LogP contribution in [0, 0.1) is 0 Å². The monoisotopic (exact) mass is 407 g/mol. The normalized spacial score (nSPS) is 10.7. The van der Waals surface area contributed by atoms with Gasteiger partial charge in [-0.2, -0.15) is 0 Å². The van der Waals surface area contributed by atoms with Crippen molar-refractivity contribution >= 4 is 17.5 Å². The fourth-order valence-corrected chi connectivity index (χ4v) is 3.40. The van der Waals surface area contributed by atoms with Gasteiger partial charge in [-0.3, -0.25) is 4.79 Å². The highest BCUT2D eigenvalue weighted by Crippen LogP contribution is 2.26. The van der Waals surface area contributed by atoms with E-state index in [1.165, 1.54) is 0 Å². The number of hydrogen-bond acceptors (Lipinski definition) is 2. The fraction of sp³-hybridized carbons (Fsp3) is 0.240. The molecular weight excluding hydrogens is 382 g/mol. The van der Waals surface area contributed by atoms with Crippen LogP contribution in [0.5, 0.6) is 5.75 Å². The Labute approximate surface area is 177 Å². The minimum Gasteiger partial charge on any atom is -0.494 e. The summed E-state index contributed by atoms with van der Waals surface area (Å²) in [6.07, 6.45) is 1.76. The van der Waals surface area contributed by atoms with Crippen LogP contribution in [-0.4, -0.2) is 31.0 Å². The number of rotatable bonds is 9. The lowest BCUT2D eigenvalue weighted by atomic mass is 9.90. The van der Waals surface area contributed by atoms with Crippen molar-refractivity contribution in [2.75, 3.05) is 20.2 Å². The highest BCUT2D eigenvalue weighted by molar-refractivity contribution is 6.30. The largest absolute Gasteiger partial charge is 0.494 e. The molecule has 3 nitrogen and oxygen atoms in total. The molecule has 3 aromatic rings. The Morgan fingerprint density at radius 3 is 1.97 bits per heavy atom. The van der Waals surface area contributed by atoms with Crippen LogP contribution in [0.25, 0.3) is 0 Å². The van der Waals surface area contributed by atoms with Crippen LogP contribution in [0.2, 0.25) is 5.02 Å². The van der Waals surface area contributed by atoms with Gasteiger partial charge in [-0.15, -0.1) is 0 Å². The molecule has 0 aliphatic rings. The van der Waals surface area contributed by atoms with Crippen LogP contribution in [0.3, 0.4) is 0 Å². The van der Waals surface area contributed by atoms with Crippen LogP contribution in [-0.2, 0) is 4.79 Å². The van der Waals surface area contributed by atoms with Gasteiger partial charge in [-0.25, -0.2) is 0 Å². The van der Waals surface area contributed by atoms with Gasteiger partial charge in [-0.05, 0) is 48.2 Å². The average molecular weight is 408 g/mol. The van der Waals surface area contributed by atoms with Crippen LogP contribution in [0.15, 0.2) is 84.9 Å². The lowest BCUT2D eigenvalue weighted by Crippen LogP contribution is -2.33. The molecule has 29 heavy (non-hydrogen) atoms. The van der Waals surface area contributed by atoms with Crippen molar-refractivity contribution in [3.63, 3.8) is 0 Å². The van der Waals surface area contributed by atoms with Gasteiger partial charge in [0.25, 0.3) is 0 Å². The van der Waals surface area contributed by atoms with E-state index in [4.69, 9.17) is 16.3 Å². The summed E-state index contributed by atoms with van der Waals surface area (Å²) < 4.78 is 5.73. The summed E-state index contributed by atoms with van der Waals surface area (Å²) in [5.74, 6) is 0.640. The molecular formula is C25H26ClNO2. The third-order valence-corrected chi connectivity index (χ3v) is 5.11. The summed E-state index contributed by atoms with van der Waals surface area (Å²) in [6, 6.07) is 27.3. The van der Waals surface area contributed by atoms with Gasteiger partial charge in [0.1, 0.15) is 5.75 Å². The van der Waals surface area contributed by atoms with E-state index in [-0.39, 0.29) is 11.8 Å². The summed E-state index contributed by atoms with van der Waals surface area (Å²) in [7, 11) is 1.88. The minimum absolute atomic E-state index is 0.112. The number of halogens is 1. The predicted molar refractivity (Wildman–Crippen MR) is 119 cm³/mol. The number of nitrogens with zero attached hydrogens (tertiary/aromatic N) is 1. The number of hydrogen-bond donors (Lipinski definition) is 0. The van der Waals surface area contributed by atoms with E-state index in [9.17, 15) is 4.79 Å². The maximum absolute atomic E-state index is 13.2. The van der Waals surface area contributed by atoms with Crippen molar-refractivity contribution in [3.05, 3.63) is 101 Å². The Morgan fingerprint density at radius 1 is 0.862 bits per heavy atom. The second-order valence-electron chi connectivity index (χ2n) is 7.02. The van der Waals surface area contributed by atoms with E-state index in [0.717, 1.165) is 29.7 Å². The minimum atomic E-state index is -0.285. The second kappa shape index (κ2) is 10.7. The third kappa shape index (κ3) is 6.10. The van der Waals surface area contributed by atoms with Gasteiger partial charge in [0, 0.05) is 18.6 Å². The van der Waals surface area contributed by atoms with E-state index in [0.29, 0.717) is 18.2 Å². The Kier molecular flexibility index (Phi) is 7.71. The Hall–Kier alpha value is -2.78. The molecule has 0 bridgehead atoms. The van der Waals surface area contributed by atoms with Crippen LogP contribution in [0.4, 0.5) is 0 Å². The molecule has 0 unspecified atom stereocenters. The summed E-state index contributed by atoms with van der Waals surface area (Å²) in [5, 5.41) is 0.698. The third-order valence-electron chi connectivity index (χ3n) is 4.86. The van der Waals surface area contributed by atoms with Gasteiger partial charge < -0.3 is 9.64 Å². The lowest BCUT2D eigenvalue weighted by Gasteiger charge is -2.24. The summed E-state index contributed by atoms with van der Waals surface area (Å²) in [4.78, 5) is 15.1. The smallest absolute Gasteiger partial charge is 0.234 e. The van der Waals surface area contributed by atoms with E-state index in [2.05, 4.69) is 0 Å². The molecule has 1 amide bonds. The van der Waals surface area contributed by atoms with Crippen LogP contribution in [0.1, 0.15) is 29.9 Å². The quantitative estimate of drug-likeness (QED) is 0.420. The zero-order valence-electron chi connectivity index (χ0n) is 16.6. The molecule has 0 N–H and O–H groups in total. The van der Waals surface area contributed by atoms with Crippen molar-refractivity contribution < 1.29 is 9.53 Å². The number of carbonyl (C=O) groups excluding carboxylic acids is 1. The van der Waals surface area contributed by atoms with E-state index >= 15 is 0 Å². The molecule has 150 valence electrons. The number of unbranched alkanes of at least 4 members (excludes halogenated alkanes) is 1. The van der Waals surface area contributed by atoms with Crippen molar-refractivity contribution in [2.45, 2.75) is 18.8 Å². The van der Waals surface area contributed by atoms with Gasteiger partial charge in [0.15, 0.2) is 0 Å². The molecule has 0 aromatic heterocycles. The SMILES string of the molecule is CN(CCCCOc1ccc(Cl)cc1)C(=O)C(c1ccccc1)c1ccccc1. The van der Waals surface area contributed by atoms with E-state index < -0.39 is 0 Å². The molecule has 3 rings (SSSR count). The molecule has 3 aromatic carbocycles. The number of amides is 1. The summed E-state index contributed by atoms with van der Waals surface area (Å²) >= 11 is 5.88. The highest BCUT2D eigenvalue weighted by Gasteiger charge is 2.25. The molecule has 0 fully saturated rings. The second-order valence-corrected chi connectivity index (χ2v) is 7.46. The van der Waals surface area contributed by atoms with Crippen LogP contribution < -0.4 is 4.74 Å². The summed E-state index contributed by atoms with van der Waals surface area (Å²) in [5.41, 5.74) is 2.03. The van der Waals surface area contributed by atoms with Crippen molar-refractivity contribution in [3.8, 4) is 5.75 Å². The molecule has 0 heterocycles. The molecule has 0 saturated carbocycles.